The molecule has 0 heterocycles. The highest BCUT2D eigenvalue weighted by atomic mass is 32.2. The molecule has 0 aromatic heterocycles. The van der Waals surface area contributed by atoms with Gasteiger partial charge in [0.05, 0.1) is 6.07 Å². The van der Waals surface area contributed by atoms with E-state index in [0.29, 0.717) is 18.0 Å². The Kier molecular flexibility index (Phi) is 5.70. The van der Waals surface area contributed by atoms with Crippen molar-refractivity contribution in [2.75, 3.05) is 6.54 Å². The first-order valence-corrected chi connectivity index (χ1v) is 6.62. The van der Waals surface area contributed by atoms with Crippen molar-refractivity contribution in [3.63, 3.8) is 0 Å². The van der Waals surface area contributed by atoms with Crippen molar-refractivity contribution < 1.29 is 13.2 Å². The molecule has 0 bridgehead atoms. The van der Waals surface area contributed by atoms with Gasteiger partial charge in [0.15, 0.2) is 0 Å². The number of alkyl halides is 3. The fourth-order valence-electron chi connectivity index (χ4n) is 1.45. The Morgan fingerprint density at radius 3 is 2.26 bits per heavy atom. The third-order valence-electron chi connectivity index (χ3n) is 2.31. The molecular weight excluding hydrogens is 273 g/mol. The summed E-state index contributed by atoms with van der Waals surface area (Å²) in [6, 6.07) is 7.48. The number of hydrogen-bond donors (Lipinski definition) is 1. The zero-order valence-electron chi connectivity index (χ0n) is 10.7. The molecule has 0 saturated heterocycles. The van der Waals surface area contributed by atoms with E-state index in [4.69, 9.17) is 5.26 Å². The minimum absolute atomic E-state index is 0.122. The van der Waals surface area contributed by atoms with Crippen LogP contribution in [0.2, 0.25) is 0 Å². The molecule has 1 N–H and O–H groups in total. The average Bonchev–Trinajstić information content (AvgIpc) is 2.29. The van der Waals surface area contributed by atoms with Crippen LogP contribution in [0.15, 0.2) is 29.2 Å². The fraction of sp³-hybridized carbons (Fsp3) is 0.462. The molecule has 0 radical (unpaired) electrons. The monoisotopic (exact) mass is 288 g/mol. The van der Waals surface area contributed by atoms with Gasteiger partial charge in [-0.25, -0.2) is 0 Å². The van der Waals surface area contributed by atoms with Crippen molar-refractivity contribution in [1.82, 2.24) is 5.32 Å². The van der Waals surface area contributed by atoms with Gasteiger partial charge in [0, 0.05) is 4.90 Å². The van der Waals surface area contributed by atoms with Crippen molar-refractivity contribution in [2.24, 2.45) is 5.92 Å². The van der Waals surface area contributed by atoms with E-state index in [2.05, 4.69) is 11.4 Å². The maximum absolute atomic E-state index is 12.2. The minimum atomic E-state index is -4.29. The molecule has 19 heavy (non-hydrogen) atoms. The van der Waals surface area contributed by atoms with Crippen LogP contribution in [0.25, 0.3) is 0 Å². The summed E-state index contributed by atoms with van der Waals surface area (Å²) in [6.07, 6.45) is 0. The lowest BCUT2D eigenvalue weighted by molar-refractivity contribution is -0.0328. The summed E-state index contributed by atoms with van der Waals surface area (Å²) in [5, 5.41) is 12.1. The molecule has 0 spiro atoms. The molecule has 1 aromatic rings. The van der Waals surface area contributed by atoms with Crippen LogP contribution >= 0.6 is 11.8 Å². The molecule has 2 nitrogen and oxygen atoms in total. The third kappa shape index (κ3) is 5.99. The first-order chi connectivity index (χ1) is 8.81. The van der Waals surface area contributed by atoms with Gasteiger partial charge in [0.25, 0.3) is 0 Å². The van der Waals surface area contributed by atoms with Gasteiger partial charge in [-0.2, -0.15) is 18.4 Å². The SMILES string of the molecule is CC(C)CNC(C#N)c1ccc(SC(F)(F)F)cc1. The fourth-order valence-corrected chi connectivity index (χ4v) is 1.99. The van der Waals surface area contributed by atoms with Crippen LogP contribution in [-0.4, -0.2) is 12.1 Å². The molecule has 1 atom stereocenters. The van der Waals surface area contributed by atoms with Gasteiger partial charge in [-0.15, -0.1) is 0 Å². The molecule has 0 aliphatic carbocycles. The second-order valence-corrected chi connectivity index (χ2v) is 5.62. The first-order valence-electron chi connectivity index (χ1n) is 5.80. The topological polar surface area (TPSA) is 35.8 Å². The van der Waals surface area contributed by atoms with Crippen LogP contribution in [0.3, 0.4) is 0 Å². The predicted octanol–water partition coefficient (Wildman–Crippen LogP) is 4.11. The Balaban J connectivity index is 2.71. The number of thioether (sulfide) groups is 1. The first kappa shape index (κ1) is 15.9. The second-order valence-electron chi connectivity index (χ2n) is 4.48. The lowest BCUT2D eigenvalue weighted by atomic mass is 10.1. The Morgan fingerprint density at radius 1 is 1.26 bits per heavy atom. The summed E-state index contributed by atoms with van der Waals surface area (Å²) < 4.78 is 36.5. The molecule has 0 saturated carbocycles. The van der Waals surface area contributed by atoms with Gasteiger partial charge in [-0.1, -0.05) is 26.0 Å². The van der Waals surface area contributed by atoms with Gasteiger partial charge in [-0.3, -0.25) is 5.32 Å². The lowest BCUT2D eigenvalue weighted by Gasteiger charge is -2.14. The van der Waals surface area contributed by atoms with Crippen molar-refractivity contribution in [2.45, 2.75) is 30.3 Å². The molecule has 0 aliphatic rings. The largest absolute Gasteiger partial charge is 0.446 e. The number of nitriles is 1. The van der Waals surface area contributed by atoms with Crippen molar-refractivity contribution in [3.8, 4) is 6.07 Å². The van der Waals surface area contributed by atoms with Crippen LogP contribution in [0.4, 0.5) is 13.2 Å². The molecule has 1 aromatic carbocycles. The normalized spacial score (nSPS) is 13.3. The highest BCUT2D eigenvalue weighted by Gasteiger charge is 2.29. The number of benzene rings is 1. The van der Waals surface area contributed by atoms with Crippen LogP contribution in [0.1, 0.15) is 25.5 Å². The van der Waals surface area contributed by atoms with Crippen LogP contribution < -0.4 is 5.32 Å². The molecular formula is C13H15F3N2S. The quantitative estimate of drug-likeness (QED) is 0.828. The average molecular weight is 288 g/mol. The van der Waals surface area contributed by atoms with Crippen LogP contribution in [0, 0.1) is 17.2 Å². The Bertz CT molecular complexity index is 435. The Hall–Kier alpha value is -1.19. The number of hydrogen-bond acceptors (Lipinski definition) is 3. The smallest absolute Gasteiger partial charge is 0.298 e. The van der Waals surface area contributed by atoms with E-state index in [9.17, 15) is 13.2 Å². The highest BCUT2D eigenvalue weighted by Crippen LogP contribution is 2.36. The van der Waals surface area contributed by atoms with Crippen molar-refractivity contribution in [3.05, 3.63) is 29.8 Å². The van der Waals surface area contributed by atoms with E-state index < -0.39 is 11.6 Å². The zero-order valence-corrected chi connectivity index (χ0v) is 11.5. The molecule has 0 fully saturated rings. The summed E-state index contributed by atoms with van der Waals surface area (Å²) in [6.45, 7) is 4.71. The van der Waals surface area contributed by atoms with Crippen LogP contribution in [0.5, 0.6) is 0 Å². The maximum Gasteiger partial charge on any atom is 0.446 e. The van der Waals surface area contributed by atoms with Crippen LogP contribution in [-0.2, 0) is 0 Å². The molecule has 6 heteroatoms. The standard InChI is InChI=1S/C13H15F3N2S/c1-9(2)8-18-12(7-17)10-3-5-11(6-4-10)19-13(14,15)16/h3-6,9,12,18H,8H2,1-2H3. The summed E-state index contributed by atoms with van der Waals surface area (Å²) in [4.78, 5) is 0.122. The van der Waals surface area contributed by atoms with E-state index in [1.807, 2.05) is 13.8 Å². The van der Waals surface area contributed by atoms with E-state index in [1.165, 1.54) is 12.1 Å². The van der Waals surface area contributed by atoms with Crippen molar-refractivity contribution in [1.29, 1.82) is 5.26 Å². The van der Waals surface area contributed by atoms with E-state index in [1.54, 1.807) is 12.1 Å². The summed E-state index contributed by atoms with van der Waals surface area (Å²) in [5.74, 6) is 0.399. The number of halogens is 3. The van der Waals surface area contributed by atoms with Gasteiger partial charge >= 0.3 is 5.51 Å². The molecule has 1 rings (SSSR count). The lowest BCUT2D eigenvalue weighted by Crippen LogP contribution is -2.24. The number of nitrogens with one attached hydrogen (secondary N) is 1. The summed E-state index contributed by atoms with van der Waals surface area (Å²) in [5.41, 5.74) is -3.61. The van der Waals surface area contributed by atoms with Gasteiger partial charge in [-0.05, 0) is 41.9 Å². The Morgan fingerprint density at radius 2 is 1.84 bits per heavy atom. The predicted molar refractivity (Wildman–Crippen MR) is 69.5 cm³/mol. The zero-order chi connectivity index (χ0) is 14.5. The molecule has 1 unspecified atom stereocenters. The van der Waals surface area contributed by atoms with E-state index in [0.717, 1.165) is 0 Å². The van der Waals surface area contributed by atoms with Gasteiger partial charge in [0.2, 0.25) is 0 Å². The number of nitrogens with zero attached hydrogens (tertiary/aromatic N) is 1. The minimum Gasteiger partial charge on any atom is -0.298 e. The van der Waals surface area contributed by atoms with Gasteiger partial charge < -0.3 is 0 Å². The molecule has 0 amide bonds. The summed E-state index contributed by atoms with van der Waals surface area (Å²) >= 11 is -0.156. The second kappa shape index (κ2) is 6.83. The molecule has 104 valence electrons. The number of rotatable bonds is 5. The maximum atomic E-state index is 12.2. The third-order valence-corrected chi connectivity index (χ3v) is 3.05. The summed E-state index contributed by atoms with van der Waals surface area (Å²) in [7, 11) is 0. The van der Waals surface area contributed by atoms with E-state index >= 15 is 0 Å². The van der Waals surface area contributed by atoms with E-state index in [-0.39, 0.29) is 16.7 Å². The van der Waals surface area contributed by atoms with Crippen molar-refractivity contribution >= 4 is 11.8 Å². The van der Waals surface area contributed by atoms with Gasteiger partial charge in [0.1, 0.15) is 6.04 Å². The highest BCUT2D eigenvalue weighted by molar-refractivity contribution is 8.00. The Labute approximate surface area is 115 Å². The molecule has 0 aliphatic heterocycles.